The van der Waals surface area contributed by atoms with Gasteiger partial charge in [-0.1, -0.05) is 12.1 Å². The van der Waals surface area contributed by atoms with Crippen molar-refractivity contribution in [1.82, 2.24) is 0 Å². The van der Waals surface area contributed by atoms with E-state index in [1.807, 2.05) is 12.1 Å². The molecule has 0 aliphatic carbocycles. The van der Waals surface area contributed by atoms with Crippen LogP contribution in [0.3, 0.4) is 0 Å². The first-order chi connectivity index (χ1) is 7.36. The predicted octanol–water partition coefficient (Wildman–Crippen LogP) is 2.75. The first-order valence-corrected chi connectivity index (χ1v) is 5.29. The van der Waals surface area contributed by atoms with E-state index in [-0.39, 0.29) is 0 Å². The summed E-state index contributed by atoms with van der Waals surface area (Å²) < 4.78 is 11.1. The normalized spacial score (nSPS) is 13.9. The number of ether oxygens (including phenoxy) is 2. The molecule has 0 spiro atoms. The fourth-order valence-electron chi connectivity index (χ4n) is 2.00. The molecule has 0 saturated heterocycles. The van der Waals surface area contributed by atoms with Gasteiger partial charge in [-0.3, -0.25) is 0 Å². The second-order valence-electron chi connectivity index (χ2n) is 3.68. The topological polar surface area (TPSA) is 18.5 Å². The van der Waals surface area contributed by atoms with Gasteiger partial charge in [0.2, 0.25) is 0 Å². The first kappa shape index (κ1) is 10.1. The molecule has 1 aromatic carbocycles. The molecule has 0 unspecified atom stereocenters. The third kappa shape index (κ3) is 1.84. The van der Waals surface area contributed by atoms with Crippen molar-refractivity contribution in [2.24, 2.45) is 0 Å². The van der Waals surface area contributed by atoms with Crippen molar-refractivity contribution in [3.05, 3.63) is 35.9 Å². The molecule has 0 bridgehead atoms. The number of benzene rings is 1. The summed E-state index contributed by atoms with van der Waals surface area (Å²) in [6.45, 7) is 4.58. The number of aryl methyl sites for hydroxylation is 1. The maximum absolute atomic E-state index is 5.72. The van der Waals surface area contributed by atoms with Gasteiger partial charge in [0.25, 0.3) is 0 Å². The van der Waals surface area contributed by atoms with Crippen LogP contribution in [-0.2, 0) is 12.8 Å². The lowest BCUT2D eigenvalue weighted by molar-refractivity contribution is 0.282. The van der Waals surface area contributed by atoms with Crippen molar-refractivity contribution in [3.63, 3.8) is 0 Å². The number of rotatable bonds is 3. The van der Waals surface area contributed by atoms with Crippen LogP contribution in [0.4, 0.5) is 0 Å². The van der Waals surface area contributed by atoms with Gasteiger partial charge >= 0.3 is 0 Å². The van der Waals surface area contributed by atoms with Crippen molar-refractivity contribution in [1.29, 1.82) is 0 Å². The van der Waals surface area contributed by atoms with Crippen molar-refractivity contribution >= 4 is 0 Å². The predicted molar refractivity (Wildman–Crippen MR) is 60.7 cm³/mol. The van der Waals surface area contributed by atoms with Gasteiger partial charge < -0.3 is 9.47 Å². The molecule has 2 heteroatoms. The van der Waals surface area contributed by atoms with Crippen molar-refractivity contribution in [3.8, 4) is 11.5 Å². The SMILES string of the molecule is C=CCc1c(OC)ccc2c1OCCC2. The number of methoxy groups -OCH3 is 1. The number of hydrogen-bond donors (Lipinski definition) is 0. The Hall–Kier alpha value is -1.44. The highest BCUT2D eigenvalue weighted by Crippen LogP contribution is 2.35. The molecule has 15 heavy (non-hydrogen) atoms. The van der Waals surface area contributed by atoms with E-state index in [1.165, 1.54) is 5.56 Å². The zero-order chi connectivity index (χ0) is 10.7. The smallest absolute Gasteiger partial charge is 0.129 e. The number of fused-ring (bicyclic) bond motifs is 1. The molecular weight excluding hydrogens is 188 g/mol. The summed E-state index contributed by atoms with van der Waals surface area (Å²) in [6.07, 6.45) is 4.89. The summed E-state index contributed by atoms with van der Waals surface area (Å²) >= 11 is 0. The van der Waals surface area contributed by atoms with E-state index in [0.717, 1.165) is 42.9 Å². The molecule has 1 aliphatic rings. The Balaban J connectivity index is 2.48. The minimum Gasteiger partial charge on any atom is -0.496 e. The third-order valence-electron chi connectivity index (χ3n) is 2.70. The fraction of sp³-hybridized carbons (Fsp3) is 0.385. The van der Waals surface area contributed by atoms with Crippen LogP contribution in [-0.4, -0.2) is 13.7 Å². The Labute approximate surface area is 90.5 Å². The molecule has 0 aromatic heterocycles. The van der Waals surface area contributed by atoms with E-state index in [9.17, 15) is 0 Å². The highest BCUT2D eigenvalue weighted by atomic mass is 16.5. The van der Waals surface area contributed by atoms with E-state index >= 15 is 0 Å². The molecule has 0 N–H and O–H groups in total. The minimum atomic E-state index is 0.798. The Morgan fingerprint density at radius 2 is 2.40 bits per heavy atom. The molecule has 0 saturated carbocycles. The summed E-state index contributed by atoms with van der Waals surface area (Å²) in [5.41, 5.74) is 2.42. The fourth-order valence-corrected chi connectivity index (χ4v) is 2.00. The molecule has 1 aliphatic heterocycles. The zero-order valence-electron chi connectivity index (χ0n) is 9.08. The van der Waals surface area contributed by atoms with Crippen LogP contribution in [0.15, 0.2) is 24.8 Å². The quantitative estimate of drug-likeness (QED) is 0.705. The summed E-state index contributed by atoms with van der Waals surface area (Å²) in [5, 5.41) is 0. The largest absolute Gasteiger partial charge is 0.496 e. The highest BCUT2D eigenvalue weighted by molar-refractivity contribution is 5.51. The van der Waals surface area contributed by atoms with Gasteiger partial charge in [0.1, 0.15) is 11.5 Å². The average molecular weight is 204 g/mol. The van der Waals surface area contributed by atoms with Gasteiger partial charge in [-0.05, 0) is 30.9 Å². The van der Waals surface area contributed by atoms with Crippen molar-refractivity contribution in [2.45, 2.75) is 19.3 Å². The van der Waals surface area contributed by atoms with Gasteiger partial charge in [0.15, 0.2) is 0 Å². The Kier molecular flexibility index (Phi) is 2.95. The molecule has 0 atom stereocenters. The van der Waals surface area contributed by atoms with E-state index < -0.39 is 0 Å². The van der Waals surface area contributed by atoms with Gasteiger partial charge in [-0.15, -0.1) is 6.58 Å². The van der Waals surface area contributed by atoms with Gasteiger partial charge in [0.05, 0.1) is 13.7 Å². The molecule has 0 fully saturated rings. The maximum atomic E-state index is 5.72. The van der Waals surface area contributed by atoms with Crippen LogP contribution in [0.5, 0.6) is 11.5 Å². The zero-order valence-corrected chi connectivity index (χ0v) is 9.08. The molecule has 0 radical (unpaired) electrons. The Bertz CT molecular complexity index is 369. The average Bonchev–Trinajstić information content (AvgIpc) is 2.30. The Morgan fingerprint density at radius 1 is 1.53 bits per heavy atom. The maximum Gasteiger partial charge on any atom is 0.129 e. The second-order valence-corrected chi connectivity index (χ2v) is 3.68. The second kappa shape index (κ2) is 4.39. The minimum absolute atomic E-state index is 0.798. The third-order valence-corrected chi connectivity index (χ3v) is 2.70. The summed E-state index contributed by atoms with van der Waals surface area (Å²) in [4.78, 5) is 0. The lowest BCUT2D eigenvalue weighted by Gasteiger charge is -2.21. The lowest BCUT2D eigenvalue weighted by atomic mass is 10.00. The van der Waals surface area contributed by atoms with Gasteiger partial charge in [0, 0.05) is 5.56 Å². The summed E-state index contributed by atoms with van der Waals surface area (Å²) in [6, 6.07) is 4.12. The lowest BCUT2D eigenvalue weighted by Crippen LogP contribution is -2.11. The van der Waals surface area contributed by atoms with Gasteiger partial charge in [-0.2, -0.15) is 0 Å². The molecule has 1 heterocycles. The van der Waals surface area contributed by atoms with Crippen LogP contribution in [0, 0.1) is 0 Å². The summed E-state index contributed by atoms with van der Waals surface area (Å²) in [7, 11) is 1.69. The summed E-state index contributed by atoms with van der Waals surface area (Å²) in [5.74, 6) is 1.91. The van der Waals surface area contributed by atoms with Crippen LogP contribution in [0.1, 0.15) is 17.5 Å². The molecule has 2 rings (SSSR count). The standard InChI is InChI=1S/C13H16O2/c1-3-5-11-12(14-2)8-7-10-6-4-9-15-13(10)11/h3,7-8H,1,4-6,9H2,2H3. The van der Waals surface area contributed by atoms with E-state index in [1.54, 1.807) is 7.11 Å². The van der Waals surface area contributed by atoms with E-state index in [4.69, 9.17) is 9.47 Å². The monoisotopic (exact) mass is 204 g/mol. The molecular formula is C13H16O2. The number of allylic oxidation sites excluding steroid dienone is 1. The number of hydrogen-bond acceptors (Lipinski definition) is 2. The van der Waals surface area contributed by atoms with Crippen molar-refractivity contribution < 1.29 is 9.47 Å². The Morgan fingerprint density at radius 3 is 3.13 bits per heavy atom. The van der Waals surface area contributed by atoms with Crippen LogP contribution in [0.25, 0.3) is 0 Å². The van der Waals surface area contributed by atoms with Gasteiger partial charge in [-0.25, -0.2) is 0 Å². The van der Waals surface area contributed by atoms with Crippen LogP contribution in [0.2, 0.25) is 0 Å². The molecule has 80 valence electrons. The van der Waals surface area contributed by atoms with E-state index in [2.05, 4.69) is 12.6 Å². The van der Waals surface area contributed by atoms with Crippen molar-refractivity contribution in [2.75, 3.05) is 13.7 Å². The molecule has 0 amide bonds. The van der Waals surface area contributed by atoms with E-state index in [0.29, 0.717) is 0 Å². The highest BCUT2D eigenvalue weighted by Gasteiger charge is 2.17. The molecule has 1 aromatic rings. The van der Waals surface area contributed by atoms with Crippen LogP contribution >= 0.6 is 0 Å². The van der Waals surface area contributed by atoms with Crippen LogP contribution < -0.4 is 9.47 Å². The molecule has 2 nitrogen and oxygen atoms in total. The first-order valence-electron chi connectivity index (χ1n) is 5.29.